The molecule has 0 bridgehead atoms. The van der Waals surface area contributed by atoms with Crippen molar-refractivity contribution >= 4 is 23.2 Å². The molecule has 60 valence electrons. The van der Waals surface area contributed by atoms with Crippen molar-refractivity contribution in [1.82, 2.24) is 0 Å². The van der Waals surface area contributed by atoms with Gasteiger partial charge < -0.3 is 0 Å². The third kappa shape index (κ3) is 1.01. The fourth-order valence-electron chi connectivity index (χ4n) is 1.71. The van der Waals surface area contributed by atoms with Crippen LogP contribution < -0.4 is 0 Å². The molecular weight excluding hydrogens is 164 g/mol. The van der Waals surface area contributed by atoms with E-state index in [2.05, 4.69) is 24.8 Å². The van der Waals surface area contributed by atoms with Crippen LogP contribution in [-0.2, 0) is 6.42 Å². The molecule has 0 heterocycles. The van der Waals surface area contributed by atoms with Gasteiger partial charge in [0.15, 0.2) is 0 Å². The lowest BCUT2D eigenvalue weighted by molar-refractivity contribution is 1.10. The van der Waals surface area contributed by atoms with Gasteiger partial charge in [0.05, 0.1) is 0 Å². The number of benzene rings is 1. The molecule has 0 saturated carbocycles. The molecule has 1 aliphatic carbocycles. The summed E-state index contributed by atoms with van der Waals surface area (Å²) < 4.78 is 0. The van der Waals surface area contributed by atoms with Crippen LogP contribution in [0.25, 0.3) is 6.08 Å². The van der Waals surface area contributed by atoms with Gasteiger partial charge >= 0.3 is 0 Å². The van der Waals surface area contributed by atoms with Gasteiger partial charge in [0.25, 0.3) is 0 Å². The Hall–Kier alpha value is -0.950. The smallest absolute Gasteiger partial charge is 0.0236 e. The van der Waals surface area contributed by atoms with Crippen LogP contribution in [-0.4, -0.2) is 4.86 Å². The molecule has 0 nitrogen and oxygen atoms in total. The van der Waals surface area contributed by atoms with Gasteiger partial charge in [-0.25, -0.2) is 0 Å². The normalized spacial score (nSPS) is 14.5. The van der Waals surface area contributed by atoms with Crippen molar-refractivity contribution in [2.75, 3.05) is 0 Å². The lowest BCUT2D eigenvalue weighted by Crippen LogP contribution is -1.92. The highest BCUT2D eigenvalue weighted by Crippen LogP contribution is 2.26. The fourth-order valence-corrected chi connectivity index (χ4v) is 2.06. The molecule has 0 amide bonds. The highest BCUT2D eigenvalue weighted by Gasteiger charge is 2.17. The topological polar surface area (TPSA) is 0 Å². The molecule has 0 radical (unpaired) electrons. The molecule has 0 fully saturated rings. The Balaban J connectivity index is 2.68. The van der Waals surface area contributed by atoms with Crippen molar-refractivity contribution < 1.29 is 0 Å². The Morgan fingerprint density at radius 3 is 2.92 bits per heavy atom. The van der Waals surface area contributed by atoms with Crippen LogP contribution in [0.1, 0.15) is 23.1 Å². The summed E-state index contributed by atoms with van der Waals surface area (Å²) >= 11 is 5.28. The molecule has 0 aliphatic heterocycles. The van der Waals surface area contributed by atoms with Gasteiger partial charge in [-0.2, -0.15) is 0 Å². The quantitative estimate of drug-likeness (QED) is 0.590. The lowest BCUT2D eigenvalue weighted by atomic mass is 10.0. The molecule has 1 aromatic carbocycles. The van der Waals surface area contributed by atoms with E-state index in [9.17, 15) is 0 Å². The van der Waals surface area contributed by atoms with E-state index in [4.69, 9.17) is 12.2 Å². The second-order valence-corrected chi connectivity index (χ2v) is 3.50. The highest BCUT2D eigenvalue weighted by atomic mass is 32.1. The van der Waals surface area contributed by atoms with E-state index >= 15 is 0 Å². The van der Waals surface area contributed by atoms with E-state index in [1.165, 1.54) is 16.7 Å². The Labute approximate surface area is 77.9 Å². The van der Waals surface area contributed by atoms with Gasteiger partial charge in [0, 0.05) is 4.86 Å². The maximum atomic E-state index is 5.28. The van der Waals surface area contributed by atoms with E-state index in [0.717, 1.165) is 17.7 Å². The van der Waals surface area contributed by atoms with Crippen molar-refractivity contribution in [3.63, 3.8) is 0 Å². The minimum absolute atomic E-state index is 1.04. The zero-order chi connectivity index (χ0) is 8.55. The summed E-state index contributed by atoms with van der Waals surface area (Å²) in [5.74, 6) is 0. The average Bonchev–Trinajstić information content (AvgIpc) is 2.48. The number of fused-ring (bicyclic) bond motifs is 1. The van der Waals surface area contributed by atoms with Gasteiger partial charge in [0.2, 0.25) is 0 Å². The standard InChI is InChI=1S/C11H10S/c1-2-8-4-3-5-9-6-7-10(12)11(8)9/h2-5H,1,6-7H2. The Morgan fingerprint density at radius 2 is 2.17 bits per heavy atom. The molecule has 1 aliphatic rings. The van der Waals surface area contributed by atoms with Crippen LogP contribution in [0.15, 0.2) is 24.8 Å². The van der Waals surface area contributed by atoms with Crippen molar-refractivity contribution in [2.45, 2.75) is 12.8 Å². The van der Waals surface area contributed by atoms with Crippen LogP contribution in [0.4, 0.5) is 0 Å². The van der Waals surface area contributed by atoms with Crippen LogP contribution in [0.2, 0.25) is 0 Å². The van der Waals surface area contributed by atoms with Crippen molar-refractivity contribution in [3.05, 3.63) is 41.5 Å². The first-order valence-corrected chi connectivity index (χ1v) is 4.51. The second-order valence-electron chi connectivity index (χ2n) is 3.01. The van der Waals surface area contributed by atoms with Crippen LogP contribution in [0.3, 0.4) is 0 Å². The lowest BCUT2D eigenvalue weighted by Gasteiger charge is -2.02. The fraction of sp³-hybridized carbons (Fsp3) is 0.182. The van der Waals surface area contributed by atoms with Gasteiger partial charge in [-0.1, -0.05) is 43.1 Å². The molecular formula is C11H10S. The first-order valence-electron chi connectivity index (χ1n) is 4.10. The van der Waals surface area contributed by atoms with Gasteiger partial charge in [-0.15, -0.1) is 0 Å². The van der Waals surface area contributed by atoms with Gasteiger partial charge in [0.1, 0.15) is 0 Å². The van der Waals surface area contributed by atoms with E-state index in [0.29, 0.717) is 0 Å². The summed E-state index contributed by atoms with van der Waals surface area (Å²) in [6.45, 7) is 3.78. The van der Waals surface area contributed by atoms with Gasteiger partial charge in [-0.05, 0) is 29.5 Å². The van der Waals surface area contributed by atoms with Crippen LogP contribution >= 0.6 is 12.2 Å². The first kappa shape index (κ1) is 7.69. The molecule has 0 N–H and O–H groups in total. The largest absolute Gasteiger partial charge is 0.0984 e. The predicted octanol–water partition coefficient (Wildman–Crippen LogP) is 2.99. The zero-order valence-corrected chi connectivity index (χ0v) is 7.66. The van der Waals surface area contributed by atoms with E-state index in [1.54, 1.807) is 0 Å². The third-order valence-electron chi connectivity index (χ3n) is 2.30. The molecule has 0 saturated heterocycles. The number of thiocarbonyl (C=S) groups is 1. The maximum absolute atomic E-state index is 5.28. The van der Waals surface area contributed by atoms with Crippen LogP contribution in [0.5, 0.6) is 0 Å². The van der Waals surface area contributed by atoms with Crippen molar-refractivity contribution in [2.24, 2.45) is 0 Å². The number of rotatable bonds is 1. The zero-order valence-electron chi connectivity index (χ0n) is 6.84. The summed E-state index contributed by atoms with van der Waals surface area (Å²) in [7, 11) is 0. The molecule has 1 aromatic rings. The maximum Gasteiger partial charge on any atom is 0.0236 e. The minimum atomic E-state index is 1.04. The molecule has 0 atom stereocenters. The number of hydrogen-bond donors (Lipinski definition) is 0. The second kappa shape index (κ2) is 2.83. The molecule has 0 unspecified atom stereocenters. The molecule has 0 aromatic heterocycles. The predicted molar refractivity (Wildman–Crippen MR) is 56.6 cm³/mol. The summed E-state index contributed by atoms with van der Waals surface area (Å²) in [5, 5.41) is 0. The Kier molecular flexibility index (Phi) is 1.81. The summed E-state index contributed by atoms with van der Waals surface area (Å²) in [6.07, 6.45) is 4.03. The highest BCUT2D eigenvalue weighted by molar-refractivity contribution is 7.80. The summed E-state index contributed by atoms with van der Waals surface area (Å²) in [5.41, 5.74) is 3.84. The molecule has 2 rings (SSSR count). The summed E-state index contributed by atoms with van der Waals surface area (Å²) in [6, 6.07) is 6.30. The van der Waals surface area contributed by atoms with E-state index < -0.39 is 0 Å². The first-order chi connectivity index (χ1) is 5.83. The van der Waals surface area contributed by atoms with E-state index in [-0.39, 0.29) is 0 Å². The van der Waals surface area contributed by atoms with Crippen molar-refractivity contribution in [1.29, 1.82) is 0 Å². The monoisotopic (exact) mass is 174 g/mol. The third-order valence-corrected chi connectivity index (χ3v) is 2.71. The molecule has 1 heteroatoms. The van der Waals surface area contributed by atoms with Crippen LogP contribution in [0, 0.1) is 0 Å². The van der Waals surface area contributed by atoms with E-state index in [1.807, 2.05) is 6.08 Å². The Morgan fingerprint density at radius 1 is 1.33 bits per heavy atom. The average molecular weight is 174 g/mol. The summed E-state index contributed by atoms with van der Waals surface area (Å²) in [4.78, 5) is 1.10. The Bertz CT molecular complexity index is 350. The number of aryl methyl sites for hydroxylation is 1. The van der Waals surface area contributed by atoms with Crippen molar-refractivity contribution in [3.8, 4) is 0 Å². The minimum Gasteiger partial charge on any atom is -0.0984 e. The SMILES string of the molecule is C=Cc1cccc2c1C(=S)CC2. The molecule has 12 heavy (non-hydrogen) atoms. The van der Waals surface area contributed by atoms with Gasteiger partial charge in [-0.3, -0.25) is 0 Å². The number of hydrogen-bond acceptors (Lipinski definition) is 1. The molecule has 0 spiro atoms.